The maximum Gasteiger partial charge on any atom is 0.569 e. The van der Waals surface area contributed by atoms with E-state index in [4.69, 9.17) is 5.02 Å². The molecular formula is C6H6BFNO2. The van der Waals surface area contributed by atoms with Crippen molar-refractivity contribution in [3.05, 3.63) is 23.8 Å². The molecule has 1 N–H and O–H groups in total. The van der Waals surface area contributed by atoms with Gasteiger partial charge in [-0.1, -0.05) is 0 Å². The number of pyridine rings is 1. The third kappa shape index (κ3) is 1.91. The molecule has 0 bridgehead atoms. The van der Waals surface area contributed by atoms with Gasteiger partial charge in [0.25, 0.3) is 0 Å². The second-order valence-corrected chi connectivity index (χ2v) is 1.96. The molecule has 0 spiro atoms. The van der Waals surface area contributed by atoms with Gasteiger partial charge in [-0.15, -0.1) is 0 Å². The van der Waals surface area contributed by atoms with Crippen LogP contribution in [0.1, 0.15) is 5.69 Å². The normalized spacial score (nSPS) is 9.36. The van der Waals surface area contributed by atoms with Gasteiger partial charge < -0.3 is 9.68 Å². The van der Waals surface area contributed by atoms with Gasteiger partial charge in [0, 0.05) is 6.07 Å². The van der Waals surface area contributed by atoms with Crippen molar-refractivity contribution in [1.82, 2.24) is 4.98 Å². The van der Waals surface area contributed by atoms with Crippen LogP contribution in [0.15, 0.2) is 12.3 Å². The Labute approximate surface area is 64.1 Å². The van der Waals surface area contributed by atoms with E-state index in [1.54, 1.807) is 6.92 Å². The van der Waals surface area contributed by atoms with Gasteiger partial charge in [0.2, 0.25) is 0 Å². The maximum absolute atomic E-state index is 12.4. The van der Waals surface area contributed by atoms with E-state index in [9.17, 15) is 4.39 Å². The smallest absolute Gasteiger partial charge is 0.536 e. The molecule has 0 fully saturated rings. The Morgan fingerprint density at radius 3 is 3.09 bits per heavy atom. The van der Waals surface area contributed by atoms with E-state index in [-0.39, 0.29) is 5.75 Å². The molecule has 0 saturated carbocycles. The molecule has 1 aromatic heterocycles. The lowest BCUT2D eigenvalue weighted by molar-refractivity contribution is 0.447. The van der Waals surface area contributed by atoms with E-state index in [0.717, 1.165) is 12.3 Å². The van der Waals surface area contributed by atoms with Crippen molar-refractivity contribution in [2.45, 2.75) is 6.92 Å². The fourth-order valence-electron chi connectivity index (χ4n) is 0.665. The molecule has 0 unspecified atom stereocenters. The van der Waals surface area contributed by atoms with Crippen molar-refractivity contribution < 1.29 is 14.1 Å². The summed E-state index contributed by atoms with van der Waals surface area (Å²) < 4.78 is 17.0. The monoisotopic (exact) mass is 154 g/mol. The highest BCUT2D eigenvalue weighted by Gasteiger charge is 2.02. The fourth-order valence-corrected chi connectivity index (χ4v) is 0.665. The lowest BCUT2D eigenvalue weighted by Gasteiger charge is -2.03. The number of nitrogens with zero attached hydrogens (tertiary/aromatic N) is 1. The minimum atomic E-state index is -0.493. The fraction of sp³-hybridized carbons (Fsp3) is 0.167. The third-order valence-electron chi connectivity index (χ3n) is 1.19. The molecule has 0 aliphatic heterocycles. The van der Waals surface area contributed by atoms with Crippen LogP contribution in [0, 0.1) is 12.7 Å². The Morgan fingerprint density at radius 1 is 1.73 bits per heavy atom. The predicted octanol–water partition coefficient (Wildman–Crippen LogP) is 0.434. The van der Waals surface area contributed by atoms with Crippen molar-refractivity contribution in [3.63, 3.8) is 0 Å². The summed E-state index contributed by atoms with van der Waals surface area (Å²) in [5, 5.41) is 8.24. The van der Waals surface area contributed by atoms with Gasteiger partial charge in [-0.3, -0.25) is 4.98 Å². The van der Waals surface area contributed by atoms with E-state index in [1.165, 1.54) is 0 Å². The van der Waals surface area contributed by atoms with Crippen molar-refractivity contribution >= 4 is 7.69 Å². The minimum Gasteiger partial charge on any atom is -0.536 e. The number of aromatic nitrogens is 1. The summed E-state index contributed by atoms with van der Waals surface area (Å²) in [6.07, 6.45) is 1.08. The van der Waals surface area contributed by atoms with Gasteiger partial charge in [-0.05, 0) is 6.92 Å². The third-order valence-corrected chi connectivity index (χ3v) is 1.19. The molecule has 0 amide bonds. The maximum atomic E-state index is 12.4. The first-order chi connectivity index (χ1) is 5.24. The highest BCUT2D eigenvalue weighted by Crippen LogP contribution is 2.14. The van der Waals surface area contributed by atoms with E-state index in [1.807, 2.05) is 0 Å². The minimum absolute atomic E-state index is 0.215. The Kier molecular flexibility index (Phi) is 2.43. The molecule has 0 aromatic carbocycles. The summed E-state index contributed by atoms with van der Waals surface area (Å²) in [5.41, 5.74) is 0.525. The van der Waals surface area contributed by atoms with Crippen molar-refractivity contribution in [2.24, 2.45) is 0 Å². The summed E-state index contributed by atoms with van der Waals surface area (Å²) in [7, 11) is 0.490. The van der Waals surface area contributed by atoms with Gasteiger partial charge in [0.05, 0.1) is 11.9 Å². The average molecular weight is 154 g/mol. The van der Waals surface area contributed by atoms with Crippen LogP contribution in [0.25, 0.3) is 0 Å². The molecule has 57 valence electrons. The van der Waals surface area contributed by atoms with E-state index < -0.39 is 5.82 Å². The van der Waals surface area contributed by atoms with Crippen LogP contribution >= 0.6 is 0 Å². The topological polar surface area (TPSA) is 42.4 Å². The highest BCUT2D eigenvalue weighted by atomic mass is 19.1. The van der Waals surface area contributed by atoms with Gasteiger partial charge >= 0.3 is 7.69 Å². The zero-order valence-electron chi connectivity index (χ0n) is 5.91. The molecular weight excluding hydrogens is 148 g/mol. The van der Waals surface area contributed by atoms with E-state index in [2.05, 4.69) is 9.64 Å². The first-order valence-electron chi connectivity index (χ1n) is 2.98. The van der Waals surface area contributed by atoms with Crippen LogP contribution in [0.5, 0.6) is 5.75 Å². The summed E-state index contributed by atoms with van der Waals surface area (Å²) >= 11 is 0. The molecule has 0 aliphatic carbocycles. The zero-order chi connectivity index (χ0) is 8.27. The van der Waals surface area contributed by atoms with Crippen LogP contribution < -0.4 is 4.65 Å². The van der Waals surface area contributed by atoms with Crippen LogP contribution in [0.4, 0.5) is 4.39 Å². The number of hydrogen-bond acceptors (Lipinski definition) is 3. The zero-order valence-corrected chi connectivity index (χ0v) is 5.91. The largest absolute Gasteiger partial charge is 0.569 e. The summed E-state index contributed by atoms with van der Waals surface area (Å²) in [6, 6.07) is 1.15. The molecule has 0 aliphatic rings. The van der Waals surface area contributed by atoms with Gasteiger partial charge in [0.15, 0.2) is 0 Å². The summed E-state index contributed by atoms with van der Waals surface area (Å²) in [4.78, 5) is 3.67. The lowest BCUT2D eigenvalue weighted by atomic mass is 10.3. The number of hydrogen-bond donors (Lipinski definition) is 1. The van der Waals surface area contributed by atoms with Crippen LogP contribution in [0.3, 0.4) is 0 Å². The molecule has 1 heterocycles. The number of aryl methyl sites for hydroxylation is 1. The molecule has 1 aromatic rings. The van der Waals surface area contributed by atoms with Gasteiger partial charge in [0.1, 0.15) is 11.6 Å². The van der Waals surface area contributed by atoms with Crippen LogP contribution in [-0.4, -0.2) is 17.7 Å². The molecule has 1 radical (unpaired) electrons. The molecule has 11 heavy (non-hydrogen) atoms. The second kappa shape index (κ2) is 3.34. The van der Waals surface area contributed by atoms with Crippen molar-refractivity contribution in [2.75, 3.05) is 0 Å². The van der Waals surface area contributed by atoms with E-state index in [0.29, 0.717) is 13.4 Å². The van der Waals surface area contributed by atoms with Crippen molar-refractivity contribution in [3.8, 4) is 5.75 Å². The molecule has 0 saturated heterocycles. The molecule has 3 nitrogen and oxygen atoms in total. The highest BCUT2D eigenvalue weighted by molar-refractivity contribution is 6.17. The van der Waals surface area contributed by atoms with Gasteiger partial charge in [-0.25, -0.2) is 4.39 Å². The first-order valence-corrected chi connectivity index (χ1v) is 2.98. The standard InChI is InChI=1S/C6H6BFNO2/c1-4-6(11-7-10)2-5(8)3-9-4/h2-3,10H,1H3. The summed E-state index contributed by atoms with van der Waals surface area (Å²) in [5.74, 6) is -0.278. The number of rotatable bonds is 2. The lowest BCUT2D eigenvalue weighted by Crippen LogP contribution is -2.02. The second-order valence-electron chi connectivity index (χ2n) is 1.96. The van der Waals surface area contributed by atoms with Crippen LogP contribution in [0.2, 0.25) is 0 Å². The van der Waals surface area contributed by atoms with E-state index >= 15 is 0 Å². The summed E-state index contributed by atoms with van der Waals surface area (Å²) in [6.45, 7) is 1.65. The molecule has 5 heteroatoms. The first kappa shape index (κ1) is 8.01. The SMILES string of the molecule is Cc1ncc(F)cc1O[B]O. The molecule has 0 atom stereocenters. The predicted molar refractivity (Wildman–Crippen MR) is 37.5 cm³/mol. The molecule has 1 rings (SSSR count). The van der Waals surface area contributed by atoms with Crippen molar-refractivity contribution in [1.29, 1.82) is 0 Å². The van der Waals surface area contributed by atoms with Gasteiger partial charge in [-0.2, -0.15) is 0 Å². The Hall–Kier alpha value is -1.10. The average Bonchev–Trinajstić information content (AvgIpc) is 1.98. The Morgan fingerprint density at radius 2 is 2.45 bits per heavy atom. The number of halogens is 1. The Balaban J connectivity index is 2.93. The van der Waals surface area contributed by atoms with Crippen LogP contribution in [-0.2, 0) is 0 Å². The quantitative estimate of drug-likeness (QED) is 0.628. The Bertz CT molecular complexity index is 256.